The third kappa shape index (κ3) is 4.67. The van der Waals surface area contributed by atoms with Crippen LogP contribution >= 0.6 is 0 Å². The maximum atomic E-state index is 12.9. The number of hydrogen-bond acceptors (Lipinski definition) is 4. The summed E-state index contributed by atoms with van der Waals surface area (Å²) in [4.78, 5) is 36.8. The average Bonchev–Trinajstić information content (AvgIpc) is 2.73. The van der Waals surface area contributed by atoms with E-state index in [-0.39, 0.29) is 22.7 Å². The SMILES string of the molecule is O=C(COC(=O)c1ccccc1NC(=O)c1ccccc1)c1ccc(F)cc1. The number of carbonyl (C=O) groups excluding carboxylic acids is 3. The summed E-state index contributed by atoms with van der Waals surface area (Å²) < 4.78 is 18.0. The highest BCUT2D eigenvalue weighted by Gasteiger charge is 2.17. The standard InChI is InChI=1S/C22H16FNO4/c23-17-12-10-15(11-13-17)20(25)14-28-22(27)18-8-4-5-9-19(18)24-21(26)16-6-2-1-3-7-16/h1-13H,14H2,(H,24,26). The number of rotatable bonds is 6. The molecule has 0 saturated carbocycles. The van der Waals surface area contributed by atoms with Crippen molar-refractivity contribution in [2.45, 2.75) is 0 Å². The Morgan fingerprint density at radius 1 is 0.786 bits per heavy atom. The third-order valence-corrected chi connectivity index (χ3v) is 3.93. The van der Waals surface area contributed by atoms with Crippen LogP contribution in [0.15, 0.2) is 78.9 Å². The number of ether oxygens (including phenoxy) is 1. The summed E-state index contributed by atoms with van der Waals surface area (Å²) in [6.45, 7) is -0.495. The number of para-hydroxylation sites is 1. The van der Waals surface area contributed by atoms with Crippen molar-refractivity contribution in [1.29, 1.82) is 0 Å². The molecule has 3 rings (SSSR count). The fourth-order valence-corrected chi connectivity index (χ4v) is 2.48. The van der Waals surface area contributed by atoms with Crippen LogP contribution in [0.25, 0.3) is 0 Å². The normalized spacial score (nSPS) is 10.2. The van der Waals surface area contributed by atoms with Gasteiger partial charge in [0, 0.05) is 11.1 Å². The fraction of sp³-hybridized carbons (Fsp3) is 0.0455. The van der Waals surface area contributed by atoms with Crippen LogP contribution in [0, 0.1) is 5.82 Å². The highest BCUT2D eigenvalue weighted by atomic mass is 19.1. The summed E-state index contributed by atoms with van der Waals surface area (Å²) in [6, 6.07) is 19.9. The van der Waals surface area contributed by atoms with Crippen molar-refractivity contribution in [3.63, 3.8) is 0 Å². The average molecular weight is 377 g/mol. The number of halogens is 1. The van der Waals surface area contributed by atoms with Crippen molar-refractivity contribution in [3.8, 4) is 0 Å². The summed E-state index contributed by atoms with van der Waals surface area (Å²) in [5.41, 5.74) is 1.08. The van der Waals surface area contributed by atoms with E-state index in [2.05, 4.69) is 5.32 Å². The molecule has 0 radical (unpaired) electrons. The highest BCUT2D eigenvalue weighted by molar-refractivity contribution is 6.08. The van der Waals surface area contributed by atoms with Gasteiger partial charge in [0.2, 0.25) is 0 Å². The number of esters is 1. The third-order valence-electron chi connectivity index (χ3n) is 3.93. The molecule has 0 aliphatic heterocycles. The van der Waals surface area contributed by atoms with Gasteiger partial charge in [0.05, 0.1) is 11.3 Å². The first-order chi connectivity index (χ1) is 13.5. The minimum atomic E-state index is -0.751. The smallest absolute Gasteiger partial charge is 0.340 e. The molecule has 0 spiro atoms. The van der Waals surface area contributed by atoms with Crippen molar-refractivity contribution >= 4 is 23.3 Å². The molecule has 0 atom stereocenters. The Bertz CT molecular complexity index is 1000. The van der Waals surface area contributed by atoms with Gasteiger partial charge in [-0.15, -0.1) is 0 Å². The van der Waals surface area contributed by atoms with Gasteiger partial charge in [0.25, 0.3) is 5.91 Å². The van der Waals surface area contributed by atoms with E-state index in [9.17, 15) is 18.8 Å². The van der Waals surface area contributed by atoms with E-state index in [1.165, 1.54) is 18.2 Å². The van der Waals surface area contributed by atoms with Gasteiger partial charge in [-0.1, -0.05) is 30.3 Å². The van der Waals surface area contributed by atoms with Crippen LogP contribution < -0.4 is 5.32 Å². The summed E-state index contributed by atoms with van der Waals surface area (Å²) in [6.07, 6.45) is 0. The minimum Gasteiger partial charge on any atom is -0.454 e. The van der Waals surface area contributed by atoms with Gasteiger partial charge in [-0.3, -0.25) is 9.59 Å². The zero-order valence-electron chi connectivity index (χ0n) is 14.7. The van der Waals surface area contributed by atoms with Crippen molar-refractivity contribution in [2.24, 2.45) is 0 Å². The van der Waals surface area contributed by atoms with E-state index in [0.29, 0.717) is 5.56 Å². The van der Waals surface area contributed by atoms with Gasteiger partial charge < -0.3 is 10.1 Å². The molecule has 0 fully saturated rings. The second-order valence-corrected chi connectivity index (χ2v) is 5.87. The highest BCUT2D eigenvalue weighted by Crippen LogP contribution is 2.18. The van der Waals surface area contributed by atoms with Crippen molar-refractivity contribution < 1.29 is 23.5 Å². The molecule has 28 heavy (non-hydrogen) atoms. The lowest BCUT2D eigenvalue weighted by atomic mass is 10.1. The molecule has 0 bridgehead atoms. The maximum Gasteiger partial charge on any atom is 0.340 e. The summed E-state index contributed by atoms with van der Waals surface area (Å²) in [5.74, 6) is -2.04. The maximum absolute atomic E-state index is 12.9. The van der Waals surface area contributed by atoms with Crippen LogP contribution in [0.4, 0.5) is 10.1 Å². The van der Waals surface area contributed by atoms with E-state index in [0.717, 1.165) is 12.1 Å². The van der Waals surface area contributed by atoms with E-state index < -0.39 is 24.2 Å². The molecule has 0 heterocycles. The summed E-state index contributed by atoms with van der Waals surface area (Å²) in [5, 5.41) is 2.67. The van der Waals surface area contributed by atoms with Crippen molar-refractivity contribution in [3.05, 3.63) is 101 Å². The number of nitrogens with one attached hydrogen (secondary N) is 1. The van der Waals surface area contributed by atoms with Crippen molar-refractivity contribution in [2.75, 3.05) is 11.9 Å². The molecule has 0 saturated heterocycles. The number of hydrogen-bond donors (Lipinski definition) is 1. The topological polar surface area (TPSA) is 72.5 Å². The van der Waals surface area contributed by atoms with Gasteiger partial charge in [-0.2, -0.15) is 0 Å². The fourth-order valence-electron chi connectivity index (χ4n) is 2.48. The molecule has 1 N–H and O–H groups in total. The Balaban J connectivity index is 1.68. The predicted molar refractivity (Wildman–Crippen MR) is 102 cm³/mol. The zero-order chi connectivity index (χ0) is 19.9. The minimum absolute atomic E-state index is 0.124. The van der Waals surface area contributed by atoms with E-state index in [4.69, 9.17) is 4.74 Å². The second-order valence-electron chi connectivity index (χ2n) is 5.87. The molecule has 3 aromatic rings. The van der Waals surface area contributed by atoms with Gasteiger partial charge in [0.15, 0.2) is 12.4 Å². The van der Waals surface area contributed by atoms with Gasteiger partial charge in [-0.05, 0) is 48.5 Å². The zero-order valence-corrected chi connectivity index (χ0v) is 14.7. The molecule has 5 nitrogen and oxygen atoms in total. The first kappa shape index (κ1) is 19.0. The summed E-state index contributed by atoms with van der Waals surface area (Å²) in [7, 11) is 0. The number of amides is 1. The predicted octanol–water partition coefficient (Wildman–Crippen LogP) is 4.12. The Morgan fingerprint density at radius 2 is 1.43 bits per heavy atom. The second kappa shape index (κ2) is 8.73. The number of Topliss-reactive ketones (excluding diaryl/α,β-unsaturated/α-hetero) is 1. The number of ketones is 1. The van der Waals surface area contributed by atoms with E-state index in [1.54, 1.807) is 48.5 Å². The largest absolute Gasteiger partial charge is 0.454 e. The molecule has 0 aromatic heterocycles. The van der Waals surface area contributed by atoms with Gasteiger partial charge in [-0.25, -0.2) is 9.18 Å². The monoisotopic (exact) mass is 377 g/mol. The first-order valence-electron chi connectivity index (χ1n) is 8.46. The van der Waals surface area contributed by atoms with Crippen molar-refractivity contribution in [1.82, 2.24) is 0 Å². The van der Waals surface area contributed by atoms with E-state index >= 15 is 0 Å². The number of carbonyl (C=O) groups is 3. The Morgan fingerprint density at radius 3 is 2.14 bits per heavy atom. The molecule has 6 heteroatoms. The number of anilines is 1. The lowest BCUT2D eigenvalue weighted by Crippen LogP contribution is -2.18. The van der Waals surface area contributed by atoms with Crippen LogP contribution in [-0.4, -0.2) is 24.3 Å². The van der Waals surface area contributed by atoms with Crippen LogP contribution in [0.2, 0.25) is 0 Å². The molecular weight excluding hydrogens is 361 g/mol. The lowest BCUT2D eigenvalue weighted by Gasteiger charge is -2.11. The molecule has 140 valence electrons. The Labute approximate surface area is 160 Å². The van der Waals surface area contributed by atoms with Crippen LogP contribution in [-0.2, 0) is 4.74 Å². The molecular formula is C22H16FNO4. The van der Waals surface area contributed by atoms with Gasteiger partial charge >= 0.3 is 5.97 Å². The van der Waals surface area contributed by atoms with E-state index in [1.807, 2.05) is 0 Å². The number of benzene rings is 3. The molecule has 0 unspecified atom stereocenters. The molecule has 3 aromatic carbocycles. The quantitative estimate of drug-likeness (QED) is 0.518. The Kier molecular flexibility index (Phi) is 5.91. The Hall–Kier alpha value is -3.80. The van der Waals surface area contributed by atoms with Crippen LogP contribution in [0.5, 0.6) is 0 Å². The summed E-state index contributed by atoms with van der Waals surface area (Å²) >= 11 is 0. The molecule has 0 aliphatic carbocycles. The first-order valence-corrected chi connectivity index (χ1v) is 8.46. The van der Waals surface area contributed by atoms with Crippen LogP contribution in [0.1, 0.15) is 31.1 Å². The lowest BCUT2D eigenvalue weighted by molar-refractivity contribution is 0.0475. The molecule has 0 aliphatic rings. The van der Waals surface area contributed by atoms with Gasteiger partial charge in [0.1, 0.15) is 5.82 Å². The molecule has 1 amide bonds. The van der Waals surface area contributed by atoms with Crippen LogP contribution in [0.3, 0.4) is 0 Å².